The quantitative estimate of drug-likeness (QED) is 0.438. The molecule has 9 heteroatoms. The summed E-state index contributed by atoms with van der Waals surface area (Å²) in [6.45, 7) is 5.25. The van der Waals surface area contributed by atoms with E-state index in [0.717, 1.165) is 34.3 Å². The first kappa shape index (κ1) is 20.0. The number of hydrogen-bond donors (Lipinski definition) is 0. The van der Waals surface area contributed by atoms with Crippen LogP contribution in [0.3, 0.4) is 0 Å². The minimum absolute atomic E-state index is 0.0660. The minimum atomic E-state index is -0.656. The molecule has 2 heterocycles. The van der Waals surface area contributed by atoms with Crippen LogP contribution in [-0.4, -0.2) is 47.9 Å². The summed E-state index contributed by atoms with van der Waals surface area (Å²) < 4.78 is 6.13. The summed E-state index contributed by atoms with van der Waals surface area (Å²) in [4.78, 5) is 31.5. The van der Waals surface area contributed by atoms with Crippen LogP contribution >= 0.6 is 11.3 Å². The molecule has 2 aromatic heterocycles. The molecule has 0 saturated heterocycles. The fraction of sp³-hybridized carbons (Fsp3) is 0.368. The van der Waals surface area contributed by atoms with Gasteiger partial charge in [-0.1, -0.05) is 17.4 Å². The second kappa shape index (κ2) is 8.07. The normalized spacial score (nSPS) is 11.3. The molecule has 0 saturated carbocycles. The molecule has 0 radical (unpaired) electrons. The van der Waals surface area contributed by atoms with Crippen molar-refractivity contribution in [1.29, 1.82) is 0 Å². The number of carbonyl (C=O) groups excluding carboxylic acids is 1. The predicted molar refractivity (Wildman–Crippen MR) is 109 cm³/mol. The van der Waals surface area contributed by atoms with Crippen molar-refractivity contribution in [3.63, 3.8) is 0 Å². The number of fused-ring (bicyclic) bond motifs is 1. The van der Waals surface area contributed by atoms with Crippen molar-refractivity contribution in [2.75, 3.05) is 32.1 Å². The van der Waals surface area contributed by atoms with Crippen molar-refractivity contribution in [2.24, 2.45) is 0 Å². The minimum Gasteiger partial charge on any atom is -0.395 e. The van der Waals surface area contributed by atoms with Crippen LogP contribution in [0.1, 0.15) is 28.1 Å². The van der Waals surface area contributed by atoms with E-state index in [9.17, 15) is 14.9 Å². The van der Waals surface area contributed by atoms with Gasteiger partial charge in [0.1, 0.15) is 4.92 Å². The zero-order chi connectivity index (χ0) is 20.4. The molecular weight excluding hydrogens is 380 g/mol. The number of hydrogen-bond acceptors (Lipinski definition) is 7. The van der Waals surface area contributed by atoms with E-state index >= 15 is 0 Å². The highest BCUT2D eigenvalue weighted by atomic mass is 32.1. The van der Waals surface area contributed by atoms with Gasteiger partial charge in [0.15, 0.2) is 10.9 Å². The Labute approximate surface area is 166 Å². The Morgan fingerprint density at radius 1 is 1.25 bits per heavy atom. The number of nitro groups is 1. The summed E-state index contributed by atoms with van der Waals surface area (Å²) in [6, 6.07) is 6.63. The van der Waals surface area contributed by atoms with E-state index in [4.69, 9.17) is 4.42 Å². The molecular formula is C19H22N4O4S. The van der Waals surface area contributed by atoms with Crippen molar-refractivity contribution < 1.29 is 14.1 Å². The van der Waals surface area contributed by atoms with Gasteiger partial charge in [-0.05, 0) is 64.2 Å². The number of furan rings is 1. The first-order chi connectivity index (χ1) is 13.3. The number of thiazole rings is 1. The smallest absolute Gasteiger partial charge is 0.395 e. The lowest BCUT2D eigenvalue weighted by atomic mass is 10.1. The summed E-state index contributed by atoms with van der Waals surface area (Å²) in [5, 5.41) is 11.4. The largest absolute Gasteiger partial charge is 0.433 e. The maximum atomic E-state index is 13.0. The van der Waals surface area contributed by atoms with E-state index in [1.54, 1.807) is 4.90 Å². The number of carbonyl (C=O) groups is 1. The van der Waals surface area contributed by atoms with E-state index in [2.05, 4.69) is 11.1 Å². The molecule has 28 heavy (non-hydrogen) atoms. The van der Waals surface area contributed by atoms with Crippen molar-refractivity contribution >= 4 is 38.5 Å². The molecule has 0 N–H and O–H groups in total. The van der Waals surface area contributed by atoms with E-state index in [-0.39, 0.29) is 5.76 Å². The molecule has 8 nitrogen and oxygen atoms in total. The highest BCUT2D eigenvalue weighted by Gasteiger charge is 2.26. The van der Waals surface area contributed by atoms with Gasteiger partial charge in [-0.25, -0.2) is 4.98 Å². The number of nitrogens with zero attached hydrogens (tertiary/aromatic N) is 4. The lowest BCUT2D eigenvalue weighted by Gasteiger charge is -2.19. The second-order valence-electron chi connectivity index (χ2n) is 6.93. The first-order valence-corrected chi connectivity index (χ1v) is 9.66. The summed E-state index contributed by atoms with van der Waals surface area (Å²) in [5.74, 6) is -0.948. The standard InChI is InChI=1S/C19H22N4O4S/c1-12-10-13(2)17-15(11-12)28-19(20-17)22(9-5-8-21(3)4)18(24)14-6-7-16(27-14)23(25)26/h6-7,10-11H,5,8-9H2,1-4H3. The average molecular weight is 402 g/mol. The van der Waals surface area contributed by atoms with Crippen molar-refractivity contribution in [1.82, 2.24) is 9.88 Å². The van der Waals surface area contributed by atoms with Crippen LogP contribution in [0.15, 0.2) is 28.7 Å². The van der Waals surface area contributed by atoms with E-state index < -0.39 is 16.7 Å². The number of amides is 1. The fourth-order valence-corrected chi connectivity index (χ4v) is 4.14. The Morgan fingerprint density at radius 3 is 2.64 bits per heavy atom. The maximum absolute atomic E-state index is 13.0. The van der Waals surface area contributed by atoms with Crippen LogP contribution in [0.4, 0.5) is 11.0 Å². The van der Waals surface area contributed by atoms with Crippen LogP contribution in [0.5, 0.6) is 0 Å². The van der Waals surface area contributed by atoms with Crippen LogP contribution in [-0.2, 0) is 0 Å². The number of aromatic nitrogens is 1. The van der Waals surface area contributed by atoms with Gasteiger partial charge in [0, 0.05) is 6.54 Å². The van der Waals surface area contributed by atoms with Gasteiger partial charge >= 0.3 is 5.88 Å². The second-order valence-corrected chi connectivity index (χ2v) is 7.94. The monoisotopic (exact) mass is 402 g/mol. The third-order valence-electron chi connectivity index (χ3n) is 4.26. The number of benzene rings is 1. The molecule has 1 aromatic carbocycles. The highest BCUT2D eigenvalue weighted by molar-refractivity contribution is 7.22. The Bertz CT molecular complexity index is 1020. The molecule has 1 amide bonds. The van der Waals surface area contributed by atoms with Crippen molar-refractivity contribution in [2.45, 2.75) is 20.3 Å². The van der Waals surface area contributed by atoms with Gasteiger partial charge in [-0.3, -0.25) is 19.8 Å². The summed E-state index contributed by atoms with van der Waals surface area (Å²) in [7, 11) is 3.93. The summed E-state index contributed by atoms with van der Waals surface area (Å²) >= 11 is 1.43. The topological polar surface area (TPSA) is 92.7 Å². The summed E-state index contributed by atoms with van der Waals surface area (Å²) in [5.41, 5.74) is 3.04. The van der Waals surface area contributed by atoms with Crippen molar-refractivity contribution in [3.8, 4) is 0 Å². The molecule has 148 valence electrons. The van der Waals surface area contributed by atoms with Crippen LogP contribution in [0.2, 0.25) is 0 Å². The molecule has 0 aliphatic heterocycles. The van der Waals surface area contributed by atoms with Crippen molar-refractivity contribution in [3.05, 3.63) is 51.3 Å². The lowest BCUT2D eigenvalue weighted by Crippen LogP contribution is -2.33. The first-order valence-electron chi connectivity index (χ1n) is 8.85. The van der Waals surface area contributed by atoms with Crippen LogP contribution < -0.4 is 4.90 Å². The van der Waals surface area contributed by atoms with Gasteiger partial charge in [0.25, 0.3) is 5.91 Å². The lowest BCUT2D eigenvalue weighted by molar-refractivity contribution is -0.402. The van der Waals surface area contributed by atoms with Gasteiger partial charge in [0.05, 0.1) is 16.3 Å². The summed E-state index contributed by atoms with van der Waals surface area (Å²) in [6.07, 6.45) is 0.732. The van der Waals surface area contributed by atoms with E-state index in [0.29, 0.717) is 11.7 Å². The van der Waals surface area contributed by atoms with Gasteiger partial charge < -0.3 is 9.32 Å². The molecule has 0 atom stereocenters. The predicted octanol–water partition coefficient (Wildman–Crippen LogP) is 4.01. The third-order valence-corrected chi connectivity index (χ3v) is 5.29. The Kier molecular flexibility index (Phi) is 5.76. The SMILES string of the molecule is Cc1cc(C)c2nc(N(CCCN(C)C)C(=O)c3ccc([N+](=O)[O-])o3)sc2c1. The third kappa shape index (κ3) is 4.20. The molecule has 3 rings (SSSR count). The molecule has 0 aliphatic carbocycles. The number of rotatable bonds is 7. The van der Waals surface area contributed by atoms with Gasteiger partial charge in [0.2, 0.25) is 0 Å². The Morgan fingerprint density at radius 2 is 2.00 bits per heavy atom. The zero-order valence-corrected chi connectivity index (χ0v) is 17.1. The van der Waals surface area contributed by atoms with Crippen LogP contribution in [0.25, 0.3) is 10.2 Å². The van der Waals surface area contributed by atoms with E-state index in [1.165, 1.54) is 23.5 Å². The average Bonchev–Trinajstić information content (AvgIpc) is 3.25. The highest BCUT2D eigenvalue weighted by Crippen LogP contribution is 2.33. The molecule has 0 fully saturated rings. The Balaban J connectivity index is 1.97. The molecule has 3 aromatic rings. The Hall–Kier alpha value is -2.78. The fourth-order valence-electron chi connectivity index (χ4n) is 2.98. The molecule has 0 aliphatic rings. The zero-order valence-electron chi connectivity index (χ0n) is 16.3. The van der Waals surface area contributed by atoms with E-state index in [1.807, 2.05) is 38.9 Å². The van der Waals surface area contributed by atoms with Crippen LogP contribution in [0, 0.1) is 24.0 Å². The van der Waals surface area contributed by atoms with Gasteiger partial charge in [-0.15, -0.1) is 0 Å². The molecule has 0 unspecified atom stereocenters. The molecule has 0 spiro atoms. The van der Waals surface area contributed by atoms with Gasteiger partial charge in [-0.2, -0.15) is 0 Å². The number of aryl methyl sites for hydroxylation is 2. The maximum Gasteiger partial charge on any atom is 0.433 e. The molecule has 0 bridgehead atoms. The number of anilines is 1.